The molecule has 0 atom stereocenters. The summed E-state index contributed by atoms with van der Waals surface area (Å²) in [5.74, 6) is -0.650. The number of aromatic nitrogens is 3. The number of nitro groups is 1. The maximum Gasteiger partial charge on any atom is 0.320 e. The Labute approximate surface area is 128 Å². The Morgan fingerprint density at radius 1 is 1.45 bits per heavy atom. The van der Waals surface area contributed by atoms with E-state index in [2.05, 4.69) is 15.4 Å². The predicted molar refractivity (Wildman–Crippen MR) is 82.2 cm³/mol. The summed E-state index contributed by atoms with van der Waals surface area (Å²) in [6, 6.07) is 5.75. The smallest absolute Gasteiger partial charge is 0.296 e. The lowest BCUT2D eigenvalue weighted by atomic mass is 10.2. The van der Waals surface area contributed by atoms with E-state index in [1.54, 1.807) is 0 Å². The molecule has 1 aromatic carbocycles. The monoisotopic (exact) mass is 317 g/mol. The lowest BCUT2D eigenvalue weighted by molar-refractivity contribution is -0.385. The van der Waals surface area contributed by atoms with E-state index < -0.39 is 10.8 Å². The minimum atomic E-state index is -0.650. The zero-order chi connectivity index (χ0) is 15.9. The Hall–Kier alpha value is -2.81. The average molecular weight is 317 g/mol. The normalized spacial score (nSPS) is 10.8. The summed E-state index contributed by atoms with van der Waals surface area (Å²) in [6.07, 6.45) is 1.19. The van der Waals surface area contributed by atoms with Gasteiger partial charge < -0.3 is 0 Å². The standard InChI is InChI=1S/C13H11N5O3S/c1-7-3-4-8-10(5-7)22-13(14-8)15-12(19)11-9(18(20)21)6-17(2)16-11/h3-6H,1-2H3,(H,14,15,19). The first-order chi connectivity index (χ1) is 10.4. The Kier molecular flexibility index (Phi) is 3.33. The van der Waals surface area contributed by atoms with Crippen LogP contribution >= 0.6 is 11.3 Å². The molecule has 2 aromatic heterocycles. The summed E-state index contributed by atoms with van der Waals surface area (Å²) in [7, 11) is 1.52. The SMILES string of the molecule is Cc1ccc2nc(NC(=O)c3nn(C)cc3[N+](=O)[O-])sc2c1. The van der Waals surface area contributed by atoms with Gasteiger partial charge in [-0.3, -0.25) is 24.9 Å². The molecule has 0 aliphatic heterocycles. The van der Waals surface area contributed by atoms with Gasteiger partial charge in [-0.05, 0) is 24.6 Å². The van der Waals surface area contributed by atoms with Crippen molar-refractivity contribution in [1.29, 1.82) is 0 Å². The highest BCUT2D eigenvalue weighted by atomic mass is 32.1. The number of fused-ring (bicyclic) bond motifs is 1. The van der Waals surface area contributed by atoms with E-state index in [4.69, 9.17) is 0 Å². The van der Waals surface area contributed by atoms with Gasteiger partial charge in [0.05, 0.1) is 15.1 Å². The maximum absolute atomic E-state index is 12.2. The van der Waals surface area contributed by atoms with E-state index in [-0.39, 0.29) is 11.4 Å². The number of anilines is 1. The van der Waals surface area contributed by atoms with Crippen molar-refractivity contribution in [3.63, 3.8) is 0 Å². The van der Waals surface area contributed by atoms with Crippen molar-refractivity contribution in [3.8, 4) is 0 Å². The molecule has 0 aliphatic rings. The fourth-order valence-electron chi connectivity index (χ4n) is 2.01. The highest BCUT2D eigenvalue weighted by molar-refractivity contribution is 7.22. The van der Waals surface area contributed by atoms with Crippen LogP contribution in [0.2, 0.25) is 0 Å². The van der Waals surface area contributed by atoms with Gasteiger partial charge in [0.25, 0.3) is 5.91 Å². The quantitative estimate of drug-likeness (QED) is 0.590. The van der Waals surface area contributed by atoms with Crippen LogP contribution < -0.4 is 5.32 Å². The highest BCUT2D eigenvalue weighted by Gasteiger charge is 2.25. The fourth-order valence-corrected chi connectivity index (χ4v) is 2.97. The number of thiazole rings is 1. The van der Waals surface area contributed by atoms with Gasteiger partial charge in [0.1, 0.15) is 6.20 Å². The van der Waals surface area contributed by atoms with Crippen LogP contribution in [-0.2, 0) is 7.05 Å². The Morgan fingerprint density at radius 2 is 2.23 bits per heavy atom. The molecule has 0 radical (unpaired) electrons. The Bertz CT molecular complexity index is 898. The van der Waals surface area contributed by atoms with E-state index in [1.807, 2.05) is 25.1 Å². The topological polar surface area (TPSA) is 103 Å². The third kappa shape index (κ3) is 2.53. The Balaban J connectivity index is 1.91. The van der Waals surface area contributed by atoms with E-state index in [1.165, 1.54) is 29.3 Å². The molecule has 0 saturated carbocycles. The molecule has 9 heteroatoms. The molecule has 1 N–H and O–H groups in total. The van der Waals surface area contributed by atoms with Crippen LogP contribution in [0.3, 0.4) is 0 Å². The van der Waals surface area contributed by atoms with E-state index in [0.29, 0.717) is 5.13 Å². The van der Waals surface area contributed by atoms with Gasteiger partial charge in [-0.1, -0.05) is 17.4 Å². The predicted octanol–water partition coefficient (Wildman–Crippen LogP) is 2.50. The summed E-state index contributed by atoms with van der Waals surface area (Å²) in [5, 5.41) is 17.7. The van der Waals surface area contributed by atoms with Gasteiger partial charge in [-0.15, -0.1) is 0 Å². The number of rotatable bonds is 3. The number of amides is 1. The number of hydrogen-bond acceptors (Lipinski definition) is 6. The molecule has 0 saturated heterocycles. The van der Waals surface area contributed by atoms with Gasteiger partial charge in [0.15, 0.2) is 5.13 Å². The zero-order valence-corrected chi connectivity index (χ0v) is 12.5. The van der Waals surface area contributed by atoms with Crippen LogP contribution in [0.25, 0.3) is 10.2 Å². The molecule has 112 valence electrons. The fraction of sp³-hybridized carbons (Fsp3) is 0.154. The molecule has 22 heavy (non-hydrogen) atoms. The van der Waals surface area contributed by atoms with Crippen LogP contribution in [0, 0.1) is 17.0 Å². The van der Waals surface area contributed by atoms with Crippen LogP contribution in [0.15, 0.2) is 24.4 Å². The summed E-state index contributed by atoms with van der Waals surface area (Å²) in [6.45, 7) is 1.97. The maximum atomic E-state index is 12.2. The summed E-state index contributed by atoms with van der Waals surface area (Å²) < 4.78 is 2.17. The number of hydrogen-bond donors (Lipinski definition) is 1. The second kappa shape index (κ2) is 5.19. The summed E-state index contributed by atoms with van der Waals surface area (Å²) >= 11 is 1.31. The van der Waals surface area contributed by atoms with Crippen molar-refractivity contribution >= 4 is 38.3 Å². The van der Waals surface area contributed by atoms with Crippen molar-refractivity contribution in [2.75, 3.05) is 5.32 Å². The number of nitrogens with zero attached hydrogens (tertiary/aromatic N) is 4. The number of benzene rings is 1. The van der Waals surface area contributed by atoms with Crippen LogP contribution in [0.5, 0.6) is 0 Å². The molecule has 3 rings (SSSR count). The molecule has 0 aliphatic carbocycles. The summed E-state index contributed by atoms with van der Waals surface area (Å²) in [4.78, 5) is 26.7. The van der Waals surface area contributed by atoms with Crippen molar-refractivity contribution in [2.45, 2.75) is 6.92 Å². The van der Waals surface area contributed by atoms with E-state index in [9.17, 15) is 14.9 Å². The number of carbonyl (C=O) groups is 1. The summed E-state index contributed by atoms with van der Waals surface area (Å²) in [5.41, 5.74) is 1.29. The first-order valence-corrected chi connectivity index (χ1v) is 7.12. The number of nitrogens with one attached hydrogen (secondary N) is 1. The molecule has 8 nitrogen and oxygen atoms in total. The first kappa shape index (κ1) is 14.1. The van der Waals surface area contributed by atoms with Gasteiger partial charge in [-0.2, -0.15) is 5.10 Å². The Morgan fingerprint density at radius 3 is 2.95 bits per heavy atom. The van der Waals surface area contributed by atoms with Gasteiger partial charge in [0.2, 0.25) is 5.69 Å². The second-order valence-electron chi connectivity index (χ2n) is 4.74. The van der Waals surface area contributed by atoms with Crippen molar-refractivity contribution in [3.05, 3.63) is 45.8 Å². The first-order valence-electron chi connectivity index (χ1n) is 6.30. The van der Waals surface area contributed by atoms with Crippen molar-refractivity contribution in [1.82, 2.24) is 14.8 Å². The van der Waals surface area contributed by atoms with Crippen LogP contribution in [0.4, 0.5) is 10.8 Å². The lowest BCUT2D eigenvalue weighted by Crippen LogP contribution is -2.14. The lowest BCUT2D eigenvalue weighted by Gasteiger charge is -1.97. The molecular weight excluding hydrogens is 306 g/mol. The van der Waals surface area contributed by atoms with E-state index >= 15 is 0 Å². The minimum absolute atomic E-state index is 0.233. The van der Waals surface area contributed by atoms with Gasteiger partial charge >= 0.3 is 5.69 Å². The van der Waals surface area contributed by atoms with Crippen molar-refractivity contribution < 1.29 is 9.72 Å². The molecule has 0 spiro atoms. The molecule has 3 aromatic rings. The minimum Gasteiger partial charge on any atom is -0.296 e. The zero-order valence-electron chi connectivity index (χ0n) is 11.7. The average Bonchev–Trinajstić information content (AvgIpc) is 3.01. The molecule has 1 amide bonds. The number of aryl methyl sites for hydroxylation is 2. The van der Waals surface area contributed by atoms with Crippen LogP contribution in [-0.4, -0.2) is 25.6 Å². The van der Waals surface area contributed by atoms with Crippen LogP contribution in [0.1, 0.15) is 16.1 Å². The van der Waals surface area contributed by atoms with Crippen molar-refractivity contribution in [2.24, 2.45) is 7.05 Å². The molecule has 0 bridgehead atoms. The number of carbonyl (C=O) groups excluding carboxylic acids is 1. The van der Waals surface area contributed by atoms with Gasteiger partial charge in [-0.25, -0.2) is 4.98 Å². The molecule has 0 unspecified atom stereocenters. The van der Waals surface area contributed by atoms with Gasteiger partial charge in [0, 0.05) is 7.05 Å². The third-order valence-corrected chi connectivity index (χ3v) is 3.92. The molecule has 2 heterocycles. The van der Waals surface area contributed by atoms with E-state index in [0.717, 1.165) is 15.8 Å². The second-order valence-corrected chi connectivity index (χ2v) is 5.77. The highest BCUT2D eigenvalue weighted by Crippen LogP contribution is 2.27. The third-order valence-electron chi connectivity index (χ3n) is 2.99. The largest absolute Gasteiger partial charge is 0.320 e. The molecular formula is C13H11N5O3S. The molecule has 0 fully saturated rings.